The topological polar surface area (TPSA) is 118 Å². The molecule has 2 aliphatic rings. The van der Waals surface area contributed by atoms with Crippen LogP contribution in [-0.2, 0) is 26.2 Å². The molecule has 1 fully saturated rings. The first-order valence-corrected chi connectivity index (χ1v) is 12.2. The van der Waals surface area contributed by atoms with E-state index in [0.29, 0.717) is 37.7 Å². The molecule has 12 heteroatoms. The van der Waals surface area contributed by atoms with Gasteiger partial charge in [0.2, 0.25) is 22.0 Å². The van der Waals surface area contributed by atoms with Crippen LogP contribution in [0.25, 0.3) is 0 Å². The number of pyridine rings is 1. The molecule has 0 spiro atoms. The Kier molecular flexibility index (Phi) is 6.62. The van der Waals surface area contributed by atoms with Gasteiger partial charge in [-0.25, -0.2) is 12.7 Å². The molecule has 0 radical (unpaired) electrons. The molecule has 0 saturated carbocycles. The van der Waals surface area contributed by atoms with Crippen molar-refractivity contribution in [3.63, 3.8) is 0 Å². The number of fused-ring (bicyclic) bond motifs is 1. The predicted octanol–water partition coefficient (Wildman–Crippen LogP) is -0.391. The molecule has 3 heterocycles. The zero-order valence-corrected chi connectivity index (χ0v) is 19.7. The van der Waals surface area contributed by atoms with Crippen LogP contribution in [0, 0.1) is 0 Å². The van der Waals surface area contributed by atoms with Gasteiger partial charge in [0.1, 0.15) is 13.2 Å². The van der Waals surface area contributed by atoms with Gasteiger partial charge in [-0.2, -0.15) is 0 Å². The summed E-state index contributed by atoms with van der Waals surface area (Å²) in [5.41, 5.74) is -0.477. The van der Waals surface area contributed by atoms with Crippen LogP contribution in [0.4, 0.5) is 0 Å². The van der Waals surface area contributed by atoms with Crippen molar-refractivity contribution in [2.45, 2.75) is 17.5 Å². The van der Waals surface area contributed by atoms with E-state index in [1.54, 1.807) is 28.0 Å². The van der Waals surface area contributed by atoms with Crippen LogP contribution in [0.15, 0.2) is 52.3 Å². The van der Waals surface area contributed by atoms with Crippen molar-refractivity contribution in [1.29, 1.82) is 0 Å². The number of amides is 2. The standard InChI is InChI=1S/C22H26N4O7S/c1-23(2)34(30,31)16-7-8-20(27)26(13-16)14-21(28)24-9-11-25(12-10-24)22(29)19-15-32-17-5-3-4-6-18(17)33-19/h3-8,13,19H,9-12,14-15H2,1-2H3/t19-/m1/s1. The lowest BCUT2D eigenvalue weighted by molar-refractivity contribution is -0.146. The highest BCUT2D eigenvalue weighted by molar-refractivity contribution is 7.89. The summed E-state index contributed by atoms with van der Waals surface area (Å²) < 4.78 is 38.2. The van der Waals surface area contributed by atoms with E-state index in [1.165, 1.54) is 26.4 Å². The van der Waals surface area contributed by atoms with Gasteiger partial charge in [0, 0.05) is 52.5 Å². The number of rotatable bonds is 5. The molecular formula is C22H26N4O7S. The van der Waals surface area contributed by atoms with E-state index in [4.69, 9.17) is 9.47 Å². The summed E-state index contributed by atoms with van der Waals surface area (Å²) in [5.74, 6) is 0.573. The summed E-state index contributed by atoms with van der Waals surface area (Å²) in [6.45, 7) is 1.04. The van der Waals surface area contributed by atoms with Gasteiger partial charge >= 0.3 is 0 Å². The average Bonchev–Trinajstić information content (AvgIpc) is 2.84. The Morgan fingerprint density at radius 1 is 1.00 bits per heavy atom. The Hall–Kier alpha value is -3.38. The molecule has 0 bridgehead atoms. The van der Waals surface area contributed by atoms with Crippen LogP contribution in [0.2, 0.25) is 0 Å². The molecule has 11 nitrogen and oxygen atoms in total. The molecule has 1 atom stereocenters. The molecule has 1 aromatic heterocycles. The predicted molar refractivity (Wildman–Crippen MR) is 121 cm³/mol. The number of para-hydroxylation sites is 2. The molecule has 0 unspecified atom stereocenters. The van der Waals surface area contributed by atoms with Crippen molar-refractivity contribution in [2.75, 3.05) is 46.9 Å². The monoisotopic (exact) mass is 490 g/mol. The number of carbonyl (C=O) groups excluding carboxylic acids is 2. The number of sulfonamides is 1. The Balaban J connectivity index is 1.35. The molecule has 1 saturated heterocycles. The van der Waals surface area contributed by atoms with Gasteiger partial charge < -0.3 is 23.8 Å². The number of carbonyl (C=O) groups is 2. The van der Waals surface area contributed by atoms with Crippen LogP contribution in [0.3, 0.4) is 0 Å². The maximum Gasteiger partial charge on any atom is 0.267 e. The van der Waals surface area contributed by atoms with E-state index in [2.05, 4.69) is 0 Å². The molecular weight excluding hydrogens is 464 g/mol. The van der Waals surface area contributed by atoms with E-state index < -0.39 is 21.7 Å². The highest BCUT2D eigenvalue weighted by Crippen LogP contribution is 2.31. The fourth-order valence-corrected chi connectivity index (χ4v) is 4.69. The highest BCUT2D eigenvalue weighted by atomic mass is 32.2. The third-order valence-corrected chi connectivity index (χ3v) is 7.57. The van der Waals surface area contributed by atoms with Crippen molar-refractivity contribution in [1.82, 2.24) is 18.7 Å². The third-order valence-electron chi connectivity index (χ3n) is 5.77. The highest BCUT2D eigenvalue weighted by Gasteiger charge is 2.33. The van der Waals surface area contributed by atoms with Gasteiger partial charge in [0.15, 0.2) is 11.5 Å². The van der Waals surface area contributed by atoms with Crippen molar-refractivity contribution >= 4 is 21.8 Å². The van der Waals surface area contributed by atoms with Gasteiger partial charge in [0.05, 0.1) is 4.90 Å². The lowest BCUT2D eigenvalue weighted by atomic mass is 10.2. The number of aromatic nitrogens is 1. The van der Waals surface area contributed by atoms with Crippen LogP contribution >= 0.6 is 0 Å². The number of hydrogen-bond acceptors (Lipinski definition) is 7. The van der Waals surface area contributed by atoms with E-state index in [-0.39, 0.29) is 29.9 Å². The van der Waals surface area contributed by atoms with E-state index in [9.17, 15) is 22.8 Å². The number of ether oxygens (including phenoxy) is 2. The Morgan fingerprint density at radius 3 is 2.32 bits per heavy atom. The molecule has 34 heavy (non-hydrogen) atoms. The number of nitrogens with zero attached hydrogens (tertiary/aromatic N) is 4. The smallest absolute Gasteiger partial charge is 0.267 e. The lowest BCUT2D eigenvalue weighted by Crippen LogP contribution is -2.55. The van der Waals surface area contributed by atoms with Crippen LogP contribution in [0.5, 0.6) is 11.5 Å². The van der Waals surface area contributed by atoms with Gasteiger partial charge in [-0.3, -0.25) is 14.4 Å². The minimum atomic E-state index is -3.74. The first kappa shape index (κ1) is 23.8. The van der Waals surface area contributed by atoms with Gasteiger partial charge in [-0.15, -0.1) is 0 Å². The SMILES string of the molecule is CN(C)S(=O)(=O)c1ccc(=O)n(CC(=O)N2CCN(C(=O)[C@H]3COc4ccccc4O3)CC2)c1. The Bertz CT molecular complexity index is 1250. The molecule has 0 N–H and O–H groups in total. The third kappa shape index (κ3) is 4.77. The fraction of sp³-hybridized carbons (Fsp3) is 0.409. The molecule has 0 aliphatic carbocycles. The minimum absolute atomic E-state index is 0.0726. The van der Waals surface area contributed by atoms with Crippen molar-refractivity contribution < 1.29 is 27.5 Å². The van der Waals surface area contributed by atoms with Crippen LogP contribution in [-0.4, -0.2) is 91.9 Å². The van der Waals surface area contributed by atoms with Crippen LogP contribution < -0.4 is 15.0 Å². The Morgan fingerprint density at radius 2 is 1.65 bits per heavy atom. The second kappa shape index (κ2) is 9.47. The summed E-state index contributed by atoms with van der Waals surface area (Å²) in [6.07, 6.45) is 0.422. The second-order valence-corrected chi connectivity index (χ2v) is 10.3. The summed E-state index contributed by atoms with van der Waals surface area (Å²) in [5, 5.41) is 0. The first-order valence-electron chi connectivity index (χ1n) is 10.7. The van der Waals surface area contributed by atoms with Crippen molar-refractivity contribution in [2.24, 2.45) is 0 Å². The summed E-state index contributed by atoms with van der Waals surface area (Å²) in [7, 11) is -0.963. The maximum absolute atomic E-state index is 12.9. The number of benzene rings is 1. The zero-order valence-electron chi connectivity index (χ0n) is 18.9. The van der Waals surface area contributed by atoms with E-state index in [0.717, 1.165) is 14.9 Å². The summed E-state index contributed by atoms with van der Waals surface area (Å²) in [4.78, 5) is 41.0. The normalized spacial score (nSPS) is 18.1. The van der Waals surface area contributed by atoms with Gasteiger partial charge in [-0.1, -0.05) is 12.1 Å². The van der Waals surface area contributed by atoms with Gasteiger partial charge in [-0.05, 0) is 18.2 Å². The molecule has 2 aliphatic heterocycles. The second-order valence-electron chi connectivity index (χ2n) is 8.19. The Labute approximate surface area is 197 Å². The van der Waals surface area contributed by atoms with Crippen molar-refractivity contribution in [3.8, 4) is 11.5 Å². The summed E-state index contributed by atoms with van der Waals surface area (Å²) in [6, 6.07) is 9.50. The molecule has 1 aromatic carbocycles. The van der Waals surface area contributed by atoms with Crippen molar-refractivity contribution in [3.05, 3.63) is 52.9 Å². The molecule has 182 valence electrons. The van der Waals surface area contributed by atoms with E-state index >= 15 is 0 Å². The molecule has 2 amide bonds. The van der Waals surface area contributed by atoms with E-state index in [1.807, 2.05) is 6.07 Å². The average molecular weight is 491 g/mol. The zero-order chi connectivity index (χ0) is 24.5. The quantitative estimate of drug-likeness (QED) is 0.560. The largest absolute Gasteiger partial charge is 0.485 e. The lowest BCUT2D eigenvalue weighted by Gasteiger charge is -2.37. The minimum Gasteiger partial charge on any atom is -0.485 e. The van der Waals surface area contributed by atoms with Gasteiger partial charge in [0.25, 0.3) is 11.5 Å². The number of hydrogen-bond donors (Lipinski definition) is 0. The number of piperazine rings is 1. The fourth-order valence-electron chi connectivity index (χ4n) is 3.76. The summed E-state index contributed by atoms with van der Waals surface area (Å²) >= 11 is 0. The van der Waals surface area contributed by atoms with Crippen LogP contribution in [0.1, 0.15) is 0 Å². The molecule has 4 rings (SSSR count). The first-order chi connectivity index (χ1) is 16.2. The molecule has 2 aromatic rings. The maximum atomic E-state index is 12.9.